The van der Waals surface area contributed by atoms with E-state index in [1.165, 1.54) is 0 Å². The summed E-state index contributed by atoms with van der Waals surface area (Å²) in [4.78, 5) is 17.6. The summed E-state index contributed by atoms with van der Waals surface area (Å²) in [5, 5.41) is 12.0. The smallest absolute Gasteiger partial charge is 0.272 e. The molecule has 0 saturated heterocycles. The number of amides is 1. The zero-order valence-electron chi connectivity index (χ0n) is 11.4. The second kappa shape index (κ2) is 5.00. The highest BCUT2D eigenvalue weighted by Gasteiger charge is 2.22. The maximum Gasteiger partial charge on any atom is 0.272 e. The number of hydrogen-bond acceptors (Lipinski definition) is 4. The van der Waals surface area contributed by atoms with Gasteiger partial charge in [-0.1, -0.05) is 0 Å². The van der Waals surface area contributed by atoms with Crippen molar-refractivity contribution < 1.29 is 4.79 Å². The molecule has 3 aromatic rings. The van der Waals surface area contributed by atoms with Crippen LogP contribution in [-0.2, 0) is 19.3 Å². The van der Waals surface area contributed by atoms with Gasteiger partial charge in [0.2, 0.25) is 0 Å². The van der Waals surface area contributed by atoms with Crippen LogP contribution in [0.3, 0.4) is 0 Å². The van der Waals surface area contributed by atoms with Gasteiger partial charge in [-0.05, 0) is 19.3 Å². The van der Waals surface area contributed by atoms with E-state index in [2.05, 4.69) is 20.5 Å². The zero-order valence-corrected chi connectivity index (χ0v) is 12.2. The molecule has 0 aliphatic heterocycles. The average molecular weight is 301 g/mol. The Morgan fingerprint density at radius 1 is 1.48 bits per heavy atom. The molecule has 0 unspecified atom stereocenters. The molecule has 4 rings (SSSR count). The molecule has 0 saturated carbocycles. The Kier molecular flexibility index (Phi) is 2.99. The number of nitrogens with zero attached hydrogens (tertiary/aromatic N) is 3. The summed E-state index contributed by atoms with van der Waals surface area (Å²) >= 11 is 1.61. The SMILES string of the molecule is O=C(NCCc1cn2ccsc2n1)c1n[nH]c2c1CCC2. The number of H-pyrrole nitrogens is 1. The Morgan fingerprint density at radius 2 is 2.43 bits per heavy atom. The molecule has 0 spiro atoms. The fourth-order valence-corrected chi connectivity index (χ4v) is 3.51. The first-order chi connectivity index (χ1) is 10.3. The summed E-state index contributed by atoms with van der Waals surface area (Å²) in [7, 11) is 0. The molecule has 1 amide bonds. The number of imidazole rings is 1. The van der Waals surface area contributed by atoms with Gasteiger partial charge in [-0.3, -0.25) is 14.3 Å². The first kappa shape index (κ1) is 12.6. The molecule has 0 atom stereocenters. The fourth-order valence-electron chi connectivity index (χ4n) is 2.79. The lowest BCUT2D eigenvalue weighted by atomic mass is 10.2. The van der Waals surface area contributed by atoms with Gasteiger partial charge in [-0.15, -0.1) is 11.3 Å². The van der Waals surface area contributed by atoms with E-state index in [4.69, 9.17) is 0 Å². The number of rotatable bonds is 4. The van der Waals surface area contributed by atoms with Crippen molar-refractivity contribution in [1.29, 1.82) is 0 Å². The van der Waals surface area contributed by atoms with Crippen LogP contribution >= 0.6 is 11.3 Å². The maximum absolute atomic E-state index is 12.2. The summed E-state index contributed by atoms with van der Waals surface area (Å²) in [6, 6.07) is 0. The lowest BCUT2D eigenvalue weighted by Crippen LogP contribution is -2.27. The van der Waals surface area contributed by atoms with Crippen LogP contribution in [0.2, 0.25) is 0 Å². The van der Waals surface area contributed by atoms with Crippen LogP contribution in [-0.4, -0.2) is 32.0 Å². The van der Waals surface area contributed by atoms with Gasteiger partial charge < -0.3 is 5.32 Å². The van der Waals surface area contributed by atoms with Crippen LogP contribution in [0, 0.1) is 0 Å². The third-order valence-corrected chi connectivity index (χ3v) is 4.60. The summed E-state index contributed by atoms with van der Waals surface area (Å²) in [5.41, 5.74) is 3.77. The van der Waals surface area contributed by atoms with E-state index in [9.17, 15) is 4.79 Å². The fraction of sp³-hybridized carbons (Fsp3) is 0.357. The molecular formula is C14H15N5OS. The molecule has 108 valence electrons. The van der Waals surface area contributed by atoms with Crippen molar-refractivity contribution >= 4 is 22.2 Å². The number of aryl methyl sites for hydroxylation is 1. The number of aromatic nitrogens is 4. The van der Waals surface area contributed by atoms with Crippen molar-refractivity contribution in [1.82, 2.24) is 24.9 Å². The van der Waals surface area contributed by atoms with Gasteiger partial charge in [0.1, 0.15) is 0 Å². The minimum Gasteiger partial charge on any atom is -0.350 e. The van der Waals surface area contributed by atoms with E-state index in [-0.39, 0.29) is 5.91 Å². The van der Waals surface area contributed by atoms with Gasteiger partial charge in [0.25, 0.3) is 5.91 Å². The molecule has 1 aliphatic rings. The number of thiazole rings is 1. The quantitative estimate of drug-likeness (QED) is 0.768. The zero-order chi connectivity index (χ0) is 14.2. The summed E-state index contributed by atoms with van der Waals surface area (Å²) in [6.07, 6.45) is 7.78. The second-order valence-electron chi connectivity index (χ2n) is 5.21. The number of aromatic amines is 1. The van der Waals surface area contributed by atoms with Crippen LogP contribution < -0.4 is 5.32 Å². The third kappa shape index (κ3) is 2.23. The molecule has 21 heavy (non-hydrogen) atoms. The van der Waals surface area contributed by atoms with Gasteiger partial charge >= 0.3 is 0 Å². The van der Waals surface area contributed by atoms with Crippen LogP contribution in [0.15, 0.2) is 17.8 Å². The Balaban J connectivity index is 1.38. The number of fused-ring (bicyclic) bond motifs is 2. The molecular weight excluding hydrogens is 286 g/mol. The third-order valence-electron chi connectivity index (χ3n) is 3.83. The molecule has 3 heterocycles. The van der Waals surface area contributed by atoms with Crippen LogP contribution in [0.25, 0.3) is 4.96 Å². The number of carbonyl (C=O) groups is 1. The Morgan fingerprint density at radius 3 is 3.33 bits per heavy atom. The van der Waals surface area contributed by atoms with E-state index in [0.717, 1.165) is 47.6 Å². The van der Waals surface area contributed by atoms with Crippen molar-refractivity contribution in [3.63, 3.8) is 0 Å². The molecule has 3 aromatic heterocycles. The van der Waals surface area contributed by atoms with Crippen molar-refractivity contribution in [2.24, 2.45) is 0 Å². The first-order valence-electron chi connectivity index (χ1n) is 7.06. The van der Waals surface area contributed by atoms with E-state index >= 15 is 0 Å². The standard InChI is InChI=1S/C14H15N5OS/c20-13(12-10-2-1-3-11(10)17-18-12)15-5-4-9-8-19-6-7-21-14(19)16-9/h6-8H,1-5H2,(H,15,20)(H,17,18). The molecule has 1 aliphatic carbocycles. The molecule has 0 aromatic carbocycles. The van der Waals surface area contributed by atoms with Gasteiger partial charge in [0, 0.05) is 42.0 Å². The lowest BCUT2D eigenvalue weighted by molar-refractivity contribution is 0.0948. The van der Waals surface area contributed by atoms with Crippen molar-refractivity contribution in [2.45, 2.75) is 25.7 Å². The highest BCUT2D eigenvalue weighted by molar-refractivity contribution is 7.15. The highest BCUT2D eigenvalue weighted by Crippen LogP contribution is 2.22. The predicted molar refractivity (Wildman–Crippen MR) is 79.7 cm³/mol. The minimum absolute atomic E-state index is 0.0876. The highest BCUT2D eigenvalue weighted by atomic mass is 32.1. The van der Waals surface area contributed by atoms with E-state index in [0.29, 0.717) is 12.2 Å². The van der Waals surface area contributed by atoms with Crippen LogP contribution in [0.4, 0.5) is 0 Å². The Bertz CT molecular complexity index is 771. The predicted octanol–water partition coefficient (Wildman–Crippen LogP) is 1.58. The van der Waals surface area contributed by atoms with Gasteiger partial charge in [-0.25, -0.2) is 4.98 Å². The molecule has 2 N–H and O–H groups in total. The van der Waals surface area contributed by atoms with Gasteiger partial charge in [0.05, 0.1) is 5.69 Å². The molecule has 7 heteroatoms. The second-order valence-corrected chi connectivity index (χ2v) is 6.09. The first-order valence-corrected chi connectivity index (χ1v) is 7.94. The van der Waals surface area contributed by atoms with Crippen LogP contribution in [0.1, 0.15) is 33.9 Å². The van der Waals surface area contributed by atoms with Crippen molar-refractivity contribution in [3.05, 3.63) is 40.4 Å². The number of carbonyl (C=O) groups excluding carboxylic acids is 1. The van der Waals surface area contributed by atoms with Crippen molar-refractivity contribution in [2.75, 3.05) is 6.54 Å². The molecule has 0 bridgehead atoms. The van der Waals surface area contributed by atoms with E-state index < -0.39 is 0 Å². The molecule has 6 nitrogen and oxygen atoms in total. The topological polar surface area (TPSA) is 75.1 Å². The summed E-state index contributed by atoms with van der Waals surface area (Å²) in [5.74, 6) is -0.0876. The Labute approximate surface area is 125 Å². The summed E-state index contributed by atoms with van der Waals surface area (Å²) < 4.78 is 2.00. The van der Waals surface area contributed by atoms with Crippen LogP contribution in [0.5, 0.6) is 0 Å². The monoisotopic (exact) mass is 301 g/mol. The molecule has 0 fully saturated rings. The van der Waals surface area contributed by atoms with Crippen molar-refractivity contribution in [3.8, 4) is 0 Å². The number of nitrogens with one attached hydrogen (secondary N) is 2. The molecule has 0 radical (unpaired) electrons. The largest absolute Gasteiger partial charge is 0.350 e. The lowest BCUT2D eigenvalue weighted by Gasteiger charge is -2.02. The van der Waals surface area contributed by atoms with Gasteiger partial charge in [-0.2, -0.15) is 5.10 Å². The minimum atomic E-state index is -0.0876. The van der Waals surface area contributed by atoms with E-state index in [1.807, 2.05) is 22.2 Å². The number of hydrogen-bond donors (Lipinski definition) is 2. The van der Waals surface area contributed by atoms with E-state index in [1.54, 1.807) is 11.3 Å². The van der Waals surface area contributed by atoms with Gasteiger partial charge in [0.15, 0.2) is 10.7 Å². The normalized spacial score (nSPS) is 13.7. The Hall–Kier alpha value is -2.15. The summed E-state index contributed by atoms with van der Waals surface area (Å²) in [6.45, 7) is 0.575. The maximum atomic E-state index is 12.2. The average Bonchev–Trinajstić information content (AvgIpc) is 3.18.